The number of carbonyl (C=O) groups excluding carboxylic acids is 3. The Kier molecular flexibility index (Phi) is 7.00. The normalized spacial score (nSPS) is 15.1. The van der Waals surface area contributed by atoms with Crippen molar-refractivity contribution in [2.45, 2.75) is 26.3 Å². The molecule has 3 rings (SSSR count). The monoisotopic (exact) mass is 414 g/mol. The summed E-state index contributed by atoms with van der Waals surface area (Å²) in [4.78, 5) is 39.4. The first-order valence-corrected chi connectivity index (χ1v) is 10.5. The zero-order chi connectivity index (χ0) is 20.8. The summed E-state index contributed by atoms with van der Waals surface area (Å²) in [6.45, 7) is 4.27. The summed E-state index contributed by atoms with van der Waals surface area (Å²) in [5.74, 6) is -0.752. The maximum Gasteiger partial charge on any atom is 0.261 e. The molecule has 1 aliphatic rings. The van der Waals surface area contributed by atoms with Gasteiger partial charge in [0, 0.05) is 23.0 Å². The Balaban J connectivity index is 1.47. The third-order valence-corrected chi connectivity index (χ3v) is 5.98. The summed E-state index contributed by atoms with van der Waals surface area (Å²) in [6.07, 6.45) is 1.57. The molecule has 0 unspecified atom stereocenters. The molecule has 8 heteroatoms. The zero-order valence-electron chi connectivity index (χ0n) is 16.4. The summed E-state index contributed by atoms with van der Waals surface area (Å²) < 4.78 is 0. The maximum atomic E-state index is 12.2. The fourth-order valence-electron chi connectivity index (χ4n) is 3.39. The standard InChI is InChI=1S/C21H26N4O3S/c1-14-5-6-18(29-14)21(28)23-12-19(26)24-17-4-2-3-15(11-17)13-25-9-7-16(8-10-25)20(22)27/h2-6,11,16H,7-10,12-13H2,1H3,(H2,22,27)(H,23,28)(H,24,26). The summed E-state index contributed by atoms with van der Waals surface area (Å²) >= 11 is 1.40. The summed E-state index contributed by atoms with van der Waals surface area (Å²) in [6, 6.07) is 11.3. The highest BCUT2D eigenvalue weighted by molar-refractivity contribution is 7.13. The van der Waals surface area contributed by atoms with Crippen molar-refractivity contribution in [3.8, 4) is 0 Å². The van der Waals surface area contributed by atoms with Crippen LogP contribution in [-0.4, -0.2) is 42.3 Å². The van der Waals surface area contributed by atoms with Gasteiger partial charge in [0.15, 0.2) is 0 Å². The molecule has 0 radical (unpaired) electrons. The van der Waals surface area contributed by atoms with E-state index in [2.05, 4.69) is 15.5 Å². The van der Waals surface area contributed by atoms with Crippen molar-refractivity contribution in [3.05, 3.63) is 51.7 Å². The van der Waals surface area contributed by atoms with Gasteiger partial charge < -0.3 is 16.4 Å². The van der Waals surface area contributed by atoms with Gasteiger partial charge >= 0.3 is 0 Å². The number of thiophene rings is 1. The number of primary amides is 1. The average molecular weight is 415 g/mol. The van der Waals surface area contributed by atoms with E-state index in [9.17, 15) is 14.4 Å². The fraction of sp³-hybridized carbons (Fsp3) is 0.381. The Labute approximate surface area is 174 Å². The number of piperidine rings is 1. The number of nitrogens with two attached hydrogens (primary N) is 1. The SMILES string of the molecule is Cc1ccc(C(=O)NCC(=O)Nc2cccc(CN3CCC(C(N)=O)CC3)c2)s1. The van der Waals surface area contributed by atoms with Crippen LogP contribution in [0.15, 0.2) is 36.4 Å². The first kappa shape index (κ1) is 21.0. The van der Waals surface area contributed by atoms with Crippen molar-refractivity contribution >= 4 is 34.7 Å². The second kappa shape index (κ2) is 9.67. The van der Waals surface area contributed by atoms with Crippen LogP contribution in [-0.2, 0) is 16.1 Å². The Bertz CT molecular complexity index is 888. The van der Waals surface area contributed by atoms with E-state index in [1.165, 1.54) is 11.3 Å². The topological polar surface area (TPSA) is 105 Å². The molecule has 0 atom stereocenters. The molecule has 0 aliphatic carbocycles. The van der Waals surface area contributed by atoms with E-state index in [0.717, 1.165) is 42.9 Å². The number of rotatable bonds is 7. The van der Waals surface area contributed by atoms with Gasteiger partial charge in [-0.3, -0.25) is 19.3 Å². The van der Waals surface area contributed by atoms with E-state index in [4.69, 9.17) is 5.73 Å². The van der Waals surface area contributed by atoms with E-state index in [-0.39, 0.29) is 30.2 Å². The lowest BCUT2D eigenvalue weighted by molar-refractivity contribution is -0.123. The molecule has 4 N–H and O–H groups in total. The van der Waals surface area contributed by atoms with Crippen LogP contribution in [0.4, 0.5) is 5.69 Å². The minimum atomic E-state index is -0.272. The second-order valence-electron chi connectivity index (χ2n) is 7.29. The summed E-state index contributed by atoms with van der Waals surface area (Å²) in [7, 11) is 0. The van der Waals surface area contributed by atoms with Gasteiger partial charge in [-0.05, 0) is 62.7 Å². The predicted octanol–water partition coefficient (Wildman–Crippen LogP) is 2.12. The van der Waals surface area contributed by atoms with Gasteiger partial charge in [0.05, 0.1) is 11.4 Å². The predicted molar refractivity (Wildman–Crippen MR) is 114 cm³/mol. The van der Waals surface area contributed by atoms with Crippen LogP contribution in [0.5, 0.6) is 0 Å². The number of likely N-dealkylation sites (tertiary alicyclic amines) is 1. The number of nitrogens with zero attached hydrogens (tertiary/aromatic N) is 1. The lowest BCUT2D eigenvalue weighted by Crippen LogP contribution is -2.38. The number of benzene rings is 1. The minimum Gasteiger partial charge on any atom is -0.369 e. The lowest BCUT2D eigenvalue weighted by atomic mass is 9.96. The molecule has 0 saturated carbocycles. The Morgan fingerprint density at radius 2 is 1.93 bits per heavy atom. The minimum absolute atomic E-state index is 0.0230. The van der Waals surface area contributed by atoms with E-state index in [1.54, 1.807) is 6.07 Å². The van der Waals surface area contributed by atoms with Crippen molar-refractivity contribution in [1.82, 2.24) is 10.2 Å². The first-order chi connectivity index (χ1) is 13.9. The second-order valence-corrected chi connectivity index (χ2v) is 8.58. The van der Waals surface area contributed by atoms with Crippen molar-refractivity contribution in [3.63, 3.8) is 0 Å². The Morgan fingerprint density at radius 1 is 1.17 bits per heavy atom. The van der Waals surface area contributed by atoms with Crippen molar-refractivity contribution < 1.29 is 14.4 Å². The Hall–Kier alpha value is -2.71. The molecule has 1 fully saturated rings. The van der Waals surface area contributed by atoms with E-state index in [1.807, 2.05) is 37.3 Å². The number of carbonyl (C=O) groups is 3. The van der Waals surface area contributed by atoms with Crippen LogP contribution in [0, 0.1) is 12.8 Å². The zero-order valence-corrected chi connectivity index (χ0v) is 17.3. The molecular weight excluding hydrogens is 388 g/mol. The summed E-state index contributed by atoms with van der Waals surface area (Å²) in [5, 5.41) is 5.46. The van der Waals surface area contributed by atoms with Crippen molar-refractivity contribution in [2.24, 2.45) is 11.7 Å². The highest BCUT2D eigenvalue weighted by Crippen LogP contribution is 2.20. The van der Waals surface area contributed by atoms with Gasteiger partial charge in [-0.15, -0.1) is 11.3 Å². The van der Waals surface area contributed by atoms with E-state index in [0.29, 0.717) is 10.6 Å². The van der Waals surface area contributed by atoms with Gasteiger partial charge in [-0.25, -0.2) is 0 Å². The Morgan fingerprint density at radius 3 is 2.59 bits per heavy atom. The molecule has 1 aromatic carbocycles. The number of aryl methyl sites for hydroxylation is 1. The quantitative estimate of drug-likeness (QED) is 0.645. The van der Waals surface area contributed by atoms with E-state index >= 15 is 0 Å². The van der Waals surface area contributed by atoms with Crippen molar-refractivity contribution in [1.29, 1.82) is 0 Å². The number of hydrogen-bond donors (Lipinski definition) is 3. The largest absolute Gasteiger partial charge is 0.369 e. The van der Waals surface area contributed by atoms with Gasteiger partial charge in [0.1, 0.15) is 0 Å². The number of nitrogens with one attached hydrogen (secondary N) is 2. The maximum absolute atomic E-state index is 12.2. The fourth-order valence-corrected chi connectivity index (χ4v) is 4.17. The highest BCUT2D eigenvalue weighted by Gasteiger charge is 2.23. The van der Waals surface area contributed by atoms with Crippen LogP contribution >= 0.6 is 11.3 Å². The number of anilines is 1. The number of amides is 3. The third kappa shape index (κ3) is 6.13. The molecule has 1 aliphatic heterocycles. The van der Waals surface area contributed by atoms with Crippen LogP contribution in [0.25, 0.3) is 0 Å². The molecule has 3 amide bonds. The van der Waals surface area contributed by atoms with Gasteiger partial charge in [-0.2, -0.15) is 0 Å². The molecule has 0 spiro atoms. The molecule has 2 aromatic rings. The molecule has 1 aromatic heterocycles. The van der Waals surface area contributed by atoms with Crippen LogP contribution in [0.1, 0.15) is 33.0 Å². The molecule has 29 heavy (non-hydrogen) atoms. The van der Waals surface area contributed by atoms with Gasteiger partial charge in [-0.1, -0.05) is 12.1 Å². The smallest absolute Gasteiger partial charge is 0.261 e. The van der Waals surface area contributed by atoms with Crippen LogP contribution < -0.4 is 16.4 Å². The molecule has 1 saturated heterocycles. The van der Waals surface area contributed by atoms with Crippen LogP contribution in [0.2, 0.25) is 0 Å². The lowest BCUT2D eigenvalue weighted by Gasteiger charge is -2.30. The number of hydrogen-bond acceptors (Lipinski definition) is 5. The van der Waals surface area contributed by atoms with Crippen molar-refractivity contribution in [2.75, 3.05) is 25.0 Å². The van der Waals surface area contributed by atoms with E-state index < -0.39 is 0 Å². The average Bonchev–Trinajstić information content (AvgIpc) is 3.13. The molecule has 7 nitrogen and oxygen atoms in total. The molecule has 0 bridgehead atoms. The van der Waals surface area contributed by atoms with Gasteiger partial charge in [0.2, 0.25) is 11.8 Å². The first-order valence-electron chi connectivity index (χ1n) is 9.66. The van der Waals surface area contributed by atoms with Gasteiger partial charge in [0.25, 0.3) is 5.91 Å². The molecular formula is C21H26N4O3S. The third-order valence-electron chi connectivity index (χ3n) is 4.98. The molecule has 2 heterocycles. The summed E-state index contributed by atoms with van der Waals surface area (Å²) in [5.41, 5.74) is 7.16. The highest BCUT2D eigenvalue weighted by atomic mass is 32.1. The van der Waals surface area contributed by atoms with Crippen LogP contribution in [0.3, 0.4) is 0 Å². The molecule has 154 valence electrons.